The molecule has 0 saturated carbocycles. The van der Waals surface area contributed by atoms with Crippen molar-refractivity contribution < 1.29 is 9.18 Å². The first-order valence-corrected chi connectivity index (χ1v) is 6.36. The fourth-order valence-corrected chi connectivity index (χ4v) is 2.22. The molecule has 0 bridgehead atoms. The van der Waals surface area contributed by atoms with Gasteiger partial charge in [0.05, 0.1) is 10.4 Å². The maximum Gasteiger partial charge on any atom is 0.231 e. The number of carbonyl (C=O) groups excluding carboxylic acids is 1. The topological polar surface area (TPSA) is 41.1 Å². The van der Waals surface area contributed by atoms with Gasteiger partial charge in [0.1, 0.15) is 5.82 Å². The maximum absolute atomic E-state index is 13.3. The van der Waals surface area contributed by atoms with Gasteiger partial charge in [-0.25, -0.2) is 4.39 Å². The fourth-order valence-electron chi connectivity index (χ4n) is 2.11. The Labute approximate surface area is 123 Å². The normalized spacial score (nSPS) is 22.5. The Bertz CT molecular complexity index is 462. The molecule has 1 atom stereocenters. The molecule has 1 heterocycles. The van der Waals surface area contributed by atoms with E-state index in [0.29, 0.717) is 12.2 Å². The number of benzene rings is 1. The highest BCUT2D eigenvalue weighted by Crippen LogP contribution is 2.28. The molecule has 1 aliphatic heterocycles. The van der Waals surface area contributed by atoms with Gasteiger partial charge < -0.3 is 10.6 Å². The molecule has 1 aromatic rings. The van der Waals surface area contributed by atoms with Crippen LogP contribution < -0.4 is 10.6 Å². The molecular formula is C13H17Cl2FN2O. The number of hydrogen-bond donors (Lipinski definition) is 2. The Morgan fingerprint density at radius 2 is 2.26 bits per heavy atom. The summed E-state index contributed by atoms with van der Waals surface area (Å²) in [7, 11) is 0. The van der Waals surface area contributed by atoms with Gasteiger partial charge in [0.15, 0.2) is 0 Å². The van der Waals surface area contributed by atoms with Gasteiger partial charge in [-0.3, -0.25) is 4.79 Å². The number of anilines is 1. The zero-order chi connectivity index (χ0) is 13.2. The van der Waals surface area contributed by atoms with Crippen molar-refractivity contribution in [2.45, 2.75) is 19.8 Å². The van der Waals surface area contributed by atoms with E-state index < -0.39 is 11.2 Å². The van der Waals surface area contributed by atoms with Crippen LogP contribution in [0.25, 0.3) is 0 Å². The van der Waals surface area contributed by atoms with Crippen molar-refractivity contribution in [3.63, 3.8) is 0 Å². The Kier molecular flexibility index (Phi) is 5.59. The summed E-state index contributed by atoms with van der Waals surface area (Å²) in [6.45, 7) is 3.51. The molecule has 2 N–H and O–H groups in total. The number of nitrogens with one attached hydrogen (secondary N) is 2. The van der Waals surface area contributed by atoms with Crippen molar-refractivity contribution in [2.75, 3.05) is 18.4 Å². The van der Waals surface area contributed by atoms with E-state index in [1.54, 1.807) is 6.07 Å². The van der Waals surface area contributed by atoms with Crippen molar-refractivity contribution >= 4 is 35.6 Å². The van der Waals surface area contributed by atoms with Crippen LogP contribution in [0.4, 0.5) is 10.1 Å². The molecule has 1 saturated heterocycles. The number of hydrogen-bond acceptors (Lipinski definition) is 2. The molecule has 1 aliphatic rings. The second-order valence-corrected chi connectivity index (χ2v) is 5.33. The van der Waals surface area contributed by atoms with Crippen LogP contribution in [0.15, 0.2) is 18.2 Å². The smallest absolute Gasteiger partial charge is 0.231 e. The summed E-state index contributed by atoms with van der Waals surface area (Å²) in [5, 5.41) is 6.00. The molecule has 6 heteroatoms. The minimum absolute atomic E-state index is 0. The molecule has 0 aromatic heterocycles. The van der Waals surface area contributed by atoms with Gasteiger partial charge in [-0.15, -0.1) is 12.4 Å². The lowest BCUT2D eigenvalue weighted by Gasteiger charge is -2.32. The van der Waals surface area contributed by atoms with E-state index >= 15 is 0 Å². The highest BCUT2D eigenvalue weighted by Gasteiger charge is 2.34. The van der Waals surface area contributed by atoms with Gasteiger partial charge in [0, 0.05) is 12.2 Å². The van der Waals surface area contributed by atoms with Crippen molar-refractivity contribution in [2.24, 2.45) is 5.41 Å². The lowest BCUT2D eigenvalue weighted by molar-refractivity contribution is -0.125. The zero-order valence-electron chi connectivity index (χ0n) is 10.6. The minimum atomic E-state index is -0.526. The highest BCUT2D eigenvalue weighted by atomic mass is 35.5. The van der Waals surface area contributed by atoms with E-state index in [9.17, 15) is 9.18 Å². The third-order valence-electron chi connectivity index (χ3n) is 3.32. The number of halogens is 3. The van der Waals surface area contributed by atoms with Gasteiger partial charge in [0.25, 0.3) is 0 Å². The molecule has 1 fully saturated rings. The molecule has 1 unspecified atom stereocenters. The van der Waals surface area contributed by atoms with Crippen LogP contribution in [0, 0.1) is 11.2 Å². The number of amides is 1. The SMILES string of the molecule is CC1(C(=O)Nc2ccc(Cl)c(F)c2)CCCNC1.Cl. The molecular weight excluding hydrogens is 290 g/mol. The summed E-state index contributed by atoms with van der Waals surface area (Å²) in [5.74, 6) is -0.613. The second kappa shape index (κ2) is 6.55. The zero-order valence-corrected chi connectivity index (χ0v) is 12.2. The van der Waals surface area contributed by atoms with E-state index in [1.165, 1.54) is 12.1 Å². The Morgan fingerprint density at radius 3 is 2.84 bits per heavy atom. The third kappa shape index (κ3) is 3.81. The first-order valence-electron chi connectivity index (χ1n) is 5.98. The minimum Gasteiger partial charge on any atom is -0.325 e. The third-order valence-corrected chi connectivity index (χ3v) is 3.63. The molecule has 0 aliphatic carbocycles. The van der Waals surface area contributed by atoms with Crippen molar-refractivity contribution in [3.05, 3.63) is 29.0 Å². The average Bonchev–Trinajstić information content (AvgIpc) is 2.35. The monoisotopic (exact) mass is 306 g/mol. The van der Waals surface area contributed by atoms with Gasteiger partial charge in [-0.2, -0.15) is 0 Å². The van der Waals surface area contributed by atoms with Crippen LogP contribution in [0.1, 0.15) is 19.8 Å². The second-order valence-electron chi connectivity index (χ2n) is 4.92. The molecule has 19 heavy (non-hydrogen) atoms. The first kappa shape index (κ1) is 16.2. The Balaban J connectivity index is 0.00000180. The lowest BCUT2D eigenvalue weighted by Crippen LogP contribution is -2.46. The summed E-state index contributed by atoms with van der Waals surface area (Å²) in [4.78, 5) is 12.2. The van der Waals surface area contributed by atoms with E-state index in [1.807, 2.05) is 6.92 Å². The lowest BCUT2D eigenvalue weighted by atomic mass is 9.82. The number of piperidine rings is 1. The van der Waals surface area contributed by atoms with Crippen molar-refractivity contribution in [1.29, 1.82) is 0 Å². The summed E-state index contributed by atoms with van der Waals surface area (Å²) >= 11 is 5.60. The number of carbonyl (C=O) groups is 1. The maximum atomic E-state index is 13.3. The van der Waals surface area contributed by atoms with Crippen LogP contribution in [-0.2, 0) is 4.79 Å². The van der Waals surface area contributed by atoms with Crippen LogP contribution in [0.5, 0.6) is 0 Å². The van der Waals surface area contributed by atoms with E-state index in [2.05, 4.69) is 10.6 Å². The van der Waals surface area contributed by atoms with Crippen LogP contribution in [0.3, 0.4) is 0 Å². The predicted molar refractivity (Wildman–Crippen MR) is 77.5 cm³/mol. The molecule has 3 nitrogen and oxygen atoms in total. The quantitative estimate of drug-likeness (QED) is 0.881. The molecule has 0 radical (unpaired) electrons. The highest BCUT2D eigenvalue weighted by molar-refractivity contribution is 6.30. The van der Waals surface area contributed by atoms with Gasteiger partial charge in [0.2, 0.25) is 5.91 Å². The fraction of sp³-hybridized carbons (Fsp3) is 0.462. The van der Waals surface area contributed by atoms with Gasteiger partial charge >= 0.3 is 0 Å². The summed E-state index contributed by atoms with van der Waals surface area (Å²) in [6, 6.07) is 4.27. The van der Waals surface area contributed by atoms with E-state index in [4.69, 9.17) is 11.6 Å². The van der Waals surface area contributed by atoms with Crippen LogP contribution in [-0.4, -0.2) is 19.0 Å². The molecule has 1 aromatic carbocycles. The first-order chi connectivity index (χ1) is 8.51. The molecule has 106 valence electrons. The Morgan fingerprint density at radius 1 is 1.53 bits per heavy atom. The van der Waals surface area contributed by atoms with Crippen LogP contribution in [0.2, 0.25) is 5.02 Å². The van der Waals surface area contributed by atoms with Crippen LogP contribution >= 0.6 is 24.0 Å². The van der Waals surface area contributed by atoms with Gasteiger partial charge in [-0.1, -0.05) is 11.6 Å². The summed E-state index contributed by atoms with van der Waals surface area (Å²) in [6.07, 6.45) is 1.81. The summed E-state index contributed by atoms with van der Waals surface area (Å²) in [5.41, 5.74) is 0.00246. The van der Waals surface area contributed by atoms with Gasteiger partial charge in [-0.05, 0) is 44.5 Å². The average molecular weight is 307 g/mol. The summed E-state index contributed by atoms with van der Waals surface area (Å²) < 4.78 is 13.3. The van der Waals surface area contributed by atoms with E-state index in [-0.39, 0.29) is 23.3 Å². The Hall–Kier alpha value is -0.840. The molecule has 1 amide bonds. The predicted octanol–water partition coefficient (Wildman–Crippen LogP) is 3.23. The standard InChI is InChI=1S/C13H16ClFN2O.ClH/c1-13(5-2-6-16-8-13)12(18)17-9-3-4-10(14)11(15)7-9;/h3-4,7,16H,2,5-6,8H2,1H3,(H,17,18);1H. The largest absolute Gasteiger partial charge is 0.325 e. The number of rotatable bonds is 2. The van der Waals surface area contributed by atoms with Crippen molar-refractivity contribution in [3.8, 4) is 0 Å². The molecule has 2 rings (SSSR count). The molecule has 0 spiro atoms. The van der Waals surface area contributed by atoms with E-state index in [0.717, 1.165) is 19.4 Å². The van der Waals surface area contributed by atoms with Crippen molar-refractivity contribution in [1.82, 2.24) is 5.32 Å².